The van der Waals surface area contributed by atoms with Crippen LogP contribution in [0.25, 0.3) is 11.4 Å². The minimum absolute atomic E-state index is 0.109. The third-order valence-corrected chi connectivity index (χ3v) is 4.57. The van der Waals surface area contributed by atoms with Crippen molar-refractivity contribution < 1.29 is 9.53 Å². The molecule has 1 amide bonds. The fraction of sp³-hybridized carbons (Fsp3) is 0.167. The van der Waals surface area contributed by atoms with Gasteiger partial charge in [0.1, 0.15) is 5.75 Å². The maximum Gasteiger partial charge on any atom is 0.234 e. The third kappa shape index (κ3) is 4.19. The molecule has 7 heteroatoms. The maximum absolute atomic E-state index is 12.1. The lowest BCUT2D eigenvalue weighted by atomic mass is 10.2. The molecule has 0 bridgehead atoms. The minimum atomic E-state index is -0.109. The van der Waals surface area contributed by atoms with E-state index in [4.69, 9.17) is 4.74 Å². The van der Waals surface area contributed by atoms with E-state index in [1.165, 1.54) is 11.8 Å². The molecule has 0 aliphatic heterocycles. The van der Waals surface area contributed by atoms with E-state index in [9.17, 15) is 4.79 Å². The van der Waals surface area contributed by atoms with Gasteiger partial charge in [-0.25, -0.2) is 0 Å². The van der Waals surface area contributed by atoms with Crippen molar-refractivity contribution in [3.05, 3.63) is 54.6 Å². The number of hydrogen-bond donors (Lipinski definition) is 1. The number of amides is 1. The molecule has 1 N–H and O–H groups in total. The number of nitrogens with one attached hydrogen (secondary N) is 1. The van der Waals surface area contributed by atoms with Crippen molar-refractivity contribution in [3.8, 4) is 17.1 Å². The van der Waals surface area contributed by atoms with E-state index in [0.717, 1.165) is 11.4 Å². The number of rotatable bonds is 6. The highest BCUT2D eigenvalue weighted by atomic mass is 32.2. The van der Waals surface area contributed by atoms with E-state index in [0.29, 0.717) is 16.6 Å². The first kappa shape index (κ1) is 17.0. The Balaban J connectivity index is 1.62. The van der Waals surface area contributed by atoms with Gasteiger partial charge in [-0.05, 0) is 12.1 Å². The zero-order valence-electron chi connectivity index (χ0n) is 14.0. The molecule has 3 aromatic rings. The topological polar surface area (TPSA) is 69.0 Å². The average Bonchev–Trinajstić information content (AvgIpc) is 3.01. The van der Waals surface area contributed by atoms with Crippen LogP contribution < -0.4 is 10.1 Å². The average molecular weight is 354 g/mol. The first-order chi connectivity index (χ1) is 12.2. The summed E-state index contributed by atoms with van der Waals surface area (Å²) in [6.07, 6.45) is 0. The Morgan fingerprint density at radius 1 is 1.16 bits per heavy atom. The monoisotopic (exact) mass is 354 g/mol. The van der Waals surface area contributed by atoms with Gasteiger partial charge in [0, 0.05) is 24.4 Å². The Labute approximate surface area is 150 Å². The summed E-state index contributed by atoms with van der Waals surface area (Å²) in [6, 6.07) is 17.1. The second-order valence-electron chi connectivity index (χ2n) is 5.30. The summed E-state index contributed by atoms with van der Waals surface area (Å²) in [6.45, 7) is 0. The highest BCUT2D eigenvalue weighted by molar-refractivity contribution is 7.99. The second kappa shape index (κ2) is 7.85. The summed E-state index contributed by atoms with van der Waals surface area (Å²) in [5, 5.41) is 11.9. The van der Waals surface area contributed by atoms with Gasteiger partial charge in [-0.3, -0.25) is 4.79 Å². The fourth-order valence-corrected chi connectivity index (χ4v) is 3.02. The van der Waals surface area contributed by atoms with Crippen LogP contribution in [0.5, 0.6) is 5.75 Å². The molecule has 0 radical (unpaired) electrons. The molecule has 25 heavy (non-hydrogen) atoms. The van der Waals surface area contributed by atoms with Crippen molar-refractivity contribution in [1.29, 1.82) is 0 Å². The van der Waals surface area contributed by atoms with Gasteiger partial charge in [0.15, 0.2) is 11.0 Å². The van der Waals surface area contributed by atoms with Crippen molar-refractivity contribution in [2.45, 2.75) is 5.16 Å². The summed E-state index contributed by atoms with van der Waals surface area (Å²) in [7, 11) is 3.49. The van der Waals surface area contributed by atoms with E-state index in [1.807, 2.05) is 60.1 Å². The molecule has 0 unspecified atom stereocenters. The lowest BCUT2D eigenvalue weighted by Gasteiger charge is -2.07. The normalized spacial score (nSPS) is 10.5. The molecular weight excluding hydrogens is 336 g/mol. The van der Waals surface area contributed by atoms with Crippen LogP contribution in [-0.2, 0) is 11.8 Å². The summed E-state index contributed by atoms with van der Waals surface area (Å²) in [4.78, 5) is 12.1. The number of ether oxygens (including phenoxy) is 1. The van der Waals surface area contributed by atoms with E-state index >= 15 is 0 Å². The number of hydrogen-bond acceptors (Lipinski definition) is 5. The van der Waals surface area contributed by atoms with Crippen LogP contribution in [0.15, 0.2) is 59.8 Å². The van der Waals surface area contributed by atoms with E-state index in [2.05, 4.69) is 15.5 Å². The minimum Gasteiger partial charge on any atom is -0.497 e. The number of carbonyl (C=O) groups excluding carboxylic acids is 1. The standard InChI is InChI=1S/C18H18N4O2S/c1-22-17(13-7-4-3-5-8-13)20-21-18(22)25-12-16(23)19-14-9-6-10-15(11-14)24-2/h3-11H,12H2,1-2H3,(H,19,23). The predicted molar refractivity (Wildman–Crippen MR) is 98.8 cm³/mol. The maximum atomic E-state index is 12.1. The van der Waals surface area contributed by atoms with Gasteiger partial charge in [0.25, 0.3) is 0 Å². The van der Waals surface area contributed by atoms with Gasteiger partial charge in [0.05, 0.1) is 12.9 Å². The predicted octanol–water partition coefficient (Wildman–Crippen LogP) is 3.22. The zero-order chi connectivity index (χ0) is 17.6. The molecule has 0 aliphatic carbocycles. The van der Waals surface area contributed by atoms with E-state index < -0.39 is 0 Å². The fourth-order valence-electron chi connectivity index (χ4n) is 2.31. The molecular formula is C18H18N4O2S. The molecule has 0 atom stereocenters. The van der Waals surface area contributed by atoms with Crippen LogP contribution in [0.1, 0.15) is 0 Å². The van der Waals surface area contributed by atoms with Crippen molar-refractivity contribution >= 4 is 23.4 Å². The molecule has 0 saturated carbocycles. The van der Waals surface area contributed by atoms with Crippen molar-refractivity contribution in [3.63, 3.8) is 0 Å². The van der Waals surface area contributed by atoms with E-state index in [-0.39, 0.29) is 11.7 Å². The van der Waals surface area contributed by atoms with Crippen LogP contribution in [-0.4, -0.2) is 33.5 Å². The molecule has 128 valence electrons. The smallest absolute Gasteiger partial charge is 0.234 e. The number of benzene rings is 2. The van der Waals surface area contributed by atoms with Gasteiger partial charge in [-0.1, -0.05) is 48.2 Å². The van der Waals surface area contributed by atoms with Crippen LogP contribution in [0.4, 0.5) is 5.69 Å². The van der Waals surface area contributed by atoms with Crippen LogP contribution >= 0.6 is 11.8 Å². The zero-order valence-corrected chi connectivity index (χ0v) is 14.8. The Morgan fingerprint density at radius 2 is 1.96 bits per heavy atom. The number of thioether (sulfide) groups is 1. The SMILES string of the molecule is COc1cccc(NC(=O)CSc2nnc(-c3ccccc3)n2C)c1. The van der Waals surface area contributed by atoms with Crippen molar-refractivity contribution in [1.82, 2.24) is 14.8 Å². The molecule has 1 heterocycles. The van der Waals surface area contributed by atoms with Crippen LogP contribution in [0.2, 0.25) is 0 Å². The number of nitrogens with zero attached hydrogens (tertiary/aromatic N) is 3. The van der Waals surface area contributed by atoms with Crippen molar-refractivity contribution in [2.24, 2.45) is 7.05 Å². The third-order valence-electron chi connectivity index (χ3n) is 3.55. The molecule has 0 aliphatic rings. The van der Waals surface area contributed by atoms with Gasteiger partial charge in [-0.15, -0.1) is 10.2 Å². The number of methoxy groups -OCH3 is 1. The highest BCUT2D eigenvalue weighted by Crippen LogP contribution is 2.23. The Morgan fingerprint density at radius 3 is 2.72 bits per heavy atom. The summed E-state index contributed by atoms with van der Waals surface area (Å²) in [5.41, 5.74) is 1.69. The van der Waals surface area contributed by atoms with Gasteiger partial charge < -0.3 is 14.6 Å². The number of anilines is 1. The Hall–Kier alpha value is -2.80. The number of aromatic nitrogens is 3. The number of carbonyl (C=O) groups is 1. The molecule has 2 aromatic carbocycles. The summed E-state index contributed by atoms with van der Waals surface area (Å²) < 4.78 is 7.04. The first-order valence-corrected chi connectivity index (χ1v) is 8.67. The second-order valence-corrected chi connectivity index (χ2v) is 6.24. The summed E-state index contributed by atoms with van der Waals surface area (Å²) >= 11 is 1.35. The molecule has 1 aromatic heterocycles. The van der Waals surface area contributed by atoms with Crippen LogP contribution in [0, 0.1) is 0 Å². The first-order valence-electron chi connectivity index (χ1n) is 7.69. The van der Waals surface area contributed by atoms with Crippen molar-refractivity contribution in [2.75, 3.05) is 18.2 Å². The Kier molecular flexibility index (Phi) is 5.35. The summed E-state index contributed by atoms with van der Waals surface area (Å²) in [5.74, 6) is 1.61. The molecule has 0 saturated heterocycles. The van der Waals surface area contributed by atoms with Gasteiger partial charge >= 0.3 is 0 Å². The molecule has 0 spiro atoms. The largest absolute Gasteiger partial charge is 0.497 e. The highest BCUT2D eigenvalue weighted by Gasteiger charge is 2.13. The molecule has 6 nitrogen and oxygen atoms in total. The Bertz CT molecular complexity index is 865. The molecule has 0 fully saturated rings. The lowest BCUT2D eigenvalue weighted by molar-refractivity contribution is -0.113. The van der Waals surface area contributed by atoms with E-state index in [1.54, 1.807) is 13.2 Å². The van der Waals surface area contributed by atoms with Gasteiger partial charge in [-0.2, -0.15) is 0 Å². The quantitative estimate of drug-likeness (QED) is 0.688. The van der Waals surface area contributed by atoms with Crippen LogP contribution in [0.3, 0.4) is 0 Å². The van der Waals surface area contributed by atoms with Gasteiger partial charge in [0.2, 0.25) is 5.91 Å². The lowest BCUT2D eigenvalue weighted by Crippen LogP contribution is -2.14. The molecule has 3 rings (SSSR count).